The van der Waals surface area contributed by atoms with Gasteiger partial charge in [0.15, 0.2) is 0 Å². The summed E-state index contributed by atoms with van der Waals surface area (Å²) in [7, 11) is 0. The Bertz CT molecular complexity index is 1530. The van der Waals surface area contributed by atoms with Crippen LogP contribution in [0.1, 0.15) is 40.5 Å². The number of aryl methyl sites for hydroxylation is 2. The van der Waals surface area contributed by atoms with E-state index < -0.39 is 0 Å². The van der Waals surface area contributed by atoms with Crippen LogP contribution in [-0.2, 0) is 0 Å². The Morgan fingerprint density at radius 3 is 2.25 bits per heavy atom. The fourth-order valence-corrected chi connectivity index (χ4v) is 5.35. The van der Waals surface area contributed by atoms with Crippen molar-refractivity contribution < 1.29 is 0 Å². The Morgan fingerprint density at radius 2 is 1.53 bits per heavy atom. The van der Waals surface area contributed by atoms with E-state index in [0.29, 0.717) is 0 Å². The average molecular weight is 491 g/mol. The van der Waals surface area contributed by atoms with Crippen molar-refractivity contribution in [2.45, 2.75) is 33.2 Å². The second kappa shape index (κ2) is 9.17. The Hall–Kier alpha value is -4.10. The standard InChI is InChI=1S/C29H26N6S/c1-19-9-13-23(14-10-19)27-17-25(28-21(3)34(33-31-28)24-15-11-20(2)12-16-24)32-35(27)29-30-26(18-36-29)22-7-5-4-6-8-22/h4-16,18,27H,17H2,1-3H3/t27-/m1/s1. The maximum absolute atomic E-state index is 5.08. The molecule has 0 amide bonds. The fraction of sp³-hybridized carbons (Fsp3) is 0.172. The number of nitrogens with zero attached hydrogens (tertiary/aromatic N) is 6. The minimum atomic E-state index is 0.0410. The summed E-state index contributed by atoms with van der Waals surface area (Å²) in [5, 5.41) is 19.1. The van der Waals surface area contributed by atoms with Gasteiger partial charge in [-0.15, -0.1) is 16.4 Å². The molecule has 1 aliphatic heterocycles. The van der Waals surface area contributed by atoms with Crippen molar-refractivity contribution in [3.63, 3.8) is 0 Å². The van der Waals surface area contributed by atoms with Crippen molar-refractivity contribution in [3.8, 4) is 16.9 Å². The highest BCUT2D eigenvalue weighted by Crippen LogP contribution is 2.39. The third-order valence-corrected chi connectivity index (χ3v) is 7.41. The van der Waals surface area contributed by atoms with Gasteiger partial charge in [0.2, 0.25) is 5.13 Å². The second-order valence-corrected chi connectivity index (χ2v) is 10.0. The molecule has 0 N–H and O–H groups in total. The number of anilines is 1. The van der Waals surface area contributed by atoms with Crippen LogP contribution in [0.4, 0.5) is 5.13 Å². The molecule has 5 aromatic rings. The predicted octanol–water partition coefficient (Wildman–Crippen LogP) is 6.67. The molecule has 3 heterocycles. The summed E-state index contributed by atoms with van der Waals surface area (Å²) < 4.78 is 1.89. The Kier molecular flexibility index (Phi) is 5.70. The zero-order valence-corrected chi connectivity index (χ0v) is 21.3. The van der Waals surface area contributed by atoms with E-state index in [0.717, 1.165) is 45.6 Å². The van der Waals surface area contributed by atoms with Crippen molar-refractivity contribution in [3.05, 3.63) is 112 Å². The van der Waals surface area contributed by atoms with E-state index in [1.54, 1.807) is 11.3 Å². The van der Waals surface area contributed by atoms with Gasteiger partial charge in [0, 0.05) is 17.4 Å². The number of hydrogen-bond donors (Lipinski definition) is 0. The second-order valence-electron chi connectivity index (χ2n) is 9.17. The summed E-state index contributed by atoms with van der Waals surface area (Å²) >= 11 is 1.61. The van der Waals surface area contributed by atoms with E-state index >= 15 is 0 Å². The first-order chi connectivity index (χ1) is 17.6. The van der Waals surface area contributed by atoms with Crippen LogP contribution in [0, 0.1) is 20.8 Å². The molecule has 178 valence electrons. The van der Waals surface area contributed by atoms with E-state index in [-0.39, 0.29) is 6.04 Å². The molecule has 0 spiro atoms. The van der Waals surface area contributed by atoms with Crippen LogP contribution in [0.3, 0.4) is 0 Å². The lowest BCUT2D eigenvalue weighted by atomic mass is 9.99. The van der Waals surface area contributed by atoms with Gasteiger partial charge in [0.05, 0.1) is 28.8 Å². The van der Waals surface area contributed by atoms with Gasteiger partial charge in [0.25, 0.3) is 0 Å². The molecule has 2 aromatic heterocycles. The lowest BCUT2D eigenvalue weighted by Crippen LogP contribution is -2.18. The molecule has 36 heavy (non-hydrogen) atoms. The minimum Gasteiger partial charge on any atom is -0.231 e. The van der Waals surface area contributed by atoms with Gasteiger partial charge in [-0.2, -0.15) is 5.10 Å². The molecule has 6 nitrogen and oxygen atoms in total. The summed E-state index contributed by atoms with van der Waals surface area (Å²) in [6.45, 7) is 6.24. The number of hydrogen-bond acceptors (Lipinski definition) is 6. The first kappa shape index (κ1) is 22.4. The average Bonchev–Trinajstić information content (AvgIpc) is 3.64. The molecule has 1 atom stereocenters. The van der Waals surface area contributed by atoms with Crippen LogP contribution in [0.15, 0.2) is 89.3 Å². The summed E-state index contributed by atoms with van der Waals surface area (Å²) in [6, 6.07) is 27.3. The quantitative estimate of drug-likeness (QED) is 0.276. The zero-order chi connectivity index (χ0) is 24.6. The number of thiazole rings is 1. The molecule has 0 bridgehead atoms. The van der Waals surface area contributed by atoms with E-state index in [4.69, 9.17) is 10.1 Å². The van der Waals surface area contributed by atoms with Gasteiger partial charge in [-0.05, 0) is 38.5 Å². The van der Waals surface area contributed by atoms with Gasteiger partial charge < -0.3 is 0 Å². The zero-order valence-electron chi connectivity index (χ0n) is 20.5. The highest BCUT2D eigenvalue weighted by Gasteiger charge is 2.34. The number of aromatic nitrogens is 4. The molecule has 0 saturated heterocycles. The monoisotopic (exact) mass is 490 g/mol. The van der Waals surface area contributed by atoms with Gasteiger partial charge in [-0.3, -0.25) is 0 Å². The Labute approximate surface area is 214 Å². The molecule has 1 aliphatic rings. The molecule has 6 rings (SSSR count). The number of rotatable bonds is 5. The number of hydrazone groups is 1. The number of benzene rings is 3. The molecule has 0 fully saturated rings. The molecule has 0 unspecified atom stereocenters. The van der Waals surface area contributed by atoms with Gasteiger partial charge >= 0.3 is 0 Å². The molecule has 0 aliphatic carbocycles. The first-order valence-electron chi connectivity index (χ1n) is 12.0. The van der Waals surface area contributed by atoms with Crippen LogP contribution in [0.5, 0.6) is 0 Å². The maximum Gasteiger partial charge on any atom is 0.207 e. The molecule has 0 radical (unpaired) electrons. The Balaban J connectivity index is 1.39. The van der Waals surface area contributed by atoms with E-state index in [2.05, 4.69) is 102 Å². The van der Waals surface area contributed by atoms with Crippen molar-refractivity contribution in [1.82, 2.24) is 20.0 Å². The molecule has 0 saturated carbocycles. The maximum atomic E-state index is 5.08. The Morgan fingerprint density at radius 1 is 0.833 bits per heavy atom. The van der Waals surface area contributed by atoms with Crippen molar-refractivity contribution >= 4 is 22.2 Å². The van der Waals surface area contributed by atoms with Crippen LogP contribution in [-0.4, -0.2) is 25.7 Å². The van der Waals surface area contributed by atoms with Crippen LogP contribution >= 0.6 is 11.3 Å². The minimum absolute atomic E-state index is 0.0410. The third kappa shape index (κ3) is 4.12. The first-order valence-corrected chi connectivity index (χ1v) is 12.9. The third-order valence-electron chi connectivity index (χ3n) is 6.58. The molecular weight excluding hydrogens is 464 g/mol. The summed E-state index contributed by atoms with van der Waals surface area (Å²) in [4.78, 5) is 4.96. The summed E-state index contributed by atoms with van der Waals surface area (Å²) in [5.41, 5.74) is 9.45. The van der Waals surface area contributed by atoms with Crippen molar-refractivity contribution in [2.24, 2.45) is 5.10 Å². The van der Waals surface area contributed by atoms with Gasteiger partial charge in [-0.1, -0.05) is 83.1 Å². The van der Waals surface area contributed by atoms with E-state index in [9.17, 15) is 0 Å². The highest BCUT2D eigenvalue weighted by atomic mass is 32.1. The topological polar surface area (TPSA) is 59.2 Å². The normalized spacial score (nSPS) is 15.4. The smallest absolute Gasteiger partial charge is 0.207 e. The van der Waals surface area contributed by atoms with Crippen molar-refractivity contribution in [2.75, 3.05) is 5.01 Å². The predicted molar refractivity (Wildman–Crippen MR) is 146 cm³/mol. The van der Waals surface area contributed by atoms with E-state index in [1.165, 1.54) is 16.7 Å². The van der Waals surface area contributed by atoms with Crippen LogP contribution in [0.25, 0.3) is 16.9 Å². The molecular formula is C29H26N6S. The summed E-state index contributed by atoms with van der Waals surface area (Å²) in [5.74, 6) is 0. The SMILES string of the molecule is Cc1ccc([C@H]2CC(c3nnn(-c4ccc(C)cc4)c3C)=NN2c2nc(-c3ccccc3)cs2)cc1. The lowest BCUT2D eigenvalue weighted by Gasteiger charge is -2.21. The summed E-state index contributed by atoms with van der Waals surface area (Å²) in [6.07, 6.45) is 0.733. The largest absolute Gasteiger partial charge is 0.231 e. The van der Waals surface area contributed by atoms with Gasteiger partial charge in [0.1, 0.15) is 5.69 Å². The van der Waals surface area contributed by atoms with Crippen LogP contribution < -0.4 is 5.01 Å². The van der Waals surface area contributed by atoms with Crippen molar-refractivity contribution in [1.29, 1.82) is 0 Å². The van der Waals surface area contributed by atoms with Crippen LogP contribution in [0.2, 0.25) is 0 Å². The molecule has 7 heteroatoms. The fourth-order valence-electron chi connectivity index (χ4n) is 4.52. The van der Waals surface area contributed by atoms with Gasteiger partial charge in [-0.25, -0.2) is 14.7 Å². The lowest BCUT2D eigenvalue weighted by molar-refractivity contribution is 0.706. The molecule has 3 aromatic carbocycles. The highest BCUT2D eigenvalue weighted by molar-refractivity contribution is 7.14. The van der Waals surface area contributed by atoms with E-state index in [1.807, 2.05) is 22.9 Å².